The lowest BCUT2D eigenvalue weighted by Gasteiger charge is -2.30. The van der Waals surface area contributed by atoms with Crippen LogP contribution in [0.5, 0.6) is 0 Å². The van der Waals surface area contributed by atoms with E-state index in [1.807, 2.05) is 0 Å². The molecule has 2 saturated heterocycles. The average molecular weight is 281 g/mol. The second kappa shape index (κ2) is 7.41. The molecule has 0 aliphatic carbocycles. The van der Waals surface area contributed by atoms with E-state index in [-0.39, 0.29) is 12.2 Å². The highest BCUT2D eigenvalue weighted by atomic mass is 16.2. The minimum atomic E-state index is 0.0717. The van der Waals surface area contributed by atoms with Gasteiger partial charge in [-0.3, -0.25) is 10.1 Å². The van der Waals surface area contributed by atoms with Crippen molar-refractivity contribution in [1.29, 1.82) is 0 Å². The van der Waals surface area contributed by atoms with Crippen molar-refractivity contribution in [3.05, 3.63) is 0 Å². The van der Waals surface area contributed by atoms with Crippen LogP contribution in [-0.4, -0.2) is 54.6 Å². The van der Waals surface area contributed by atoms with Crippen LogP contribution in [0.3, 0.4) is 0 Å². The van der Waals surface area contributed by atoms with E-state index in [9.17, 15) is 4.79 Å². The number of hydrogen-bond acceptors (Lipinski definition) is 3. The highest BCUT2D eigenvalue weighted by molar-refractivity contribution is 5.84. The number of unbranched alkanes of at least 4 members (excludes halogenated alkanes) is 1. The standard InChI is InChI=1S/C16H31N3O/c1-4-5-6-15-16(20)19(13(2)17-15)12-9-14-7-10-18(3)11-8-14/h13-15,17H,4-12H2,1-3H3. The Morgan fingerprint density at radius 1 is 1.25 bits per heavy atom. The lowest BCUT2D eigenvalue weighted by molar-refractivity contribution is -0.130. The Kier molecular flexibility index (Phi) is 5.85. The number of amides is 1. The third kappa shape index (κ3) is 3.95. The average Bonchev–Trinajstić information content (AvgIpc) is 2.71. The van der Waals surface area contributed by atoms with E-state index in [0.29, 0.717) is 5.91 Å². The van der Waals surface area contributed by atoms with Crippen LogP contribution in [0.1, 0.15) is 52.4 Å². The van der Waals surface area contributed by atoms with Crippen LogP contribution < -0.4 is 5.32 Å². The van der Waals surface area contributed by atoms with Gasteiger partial charge in [-0.25, -0.2) is 0 Å². The number of rotatable bonds is 6. The third-order valence-corrected chi connectivity index (χ3v) is 4.95. The smallest absolute Gasteiger partial charge is 0.241 e. The van der Waals surface area contributed by atoms with Crippen molar-refractivity contribution in [2.24, 2.45) is 5.92 Å². The first-order valence-electron chi connectivity index (χ1n) is 8.37. The monoisotopic (exact) mass is 281 g/mol. The third-order valence-electron chi connectivity index (χ3n) is 4.95. The summed E-state index contributed by atoms with van der Waals surface area (Å²) < 4.78 is 0. The number of likely N-dealkylation sites (tertiary alicyclic amines) is 1. The first kappa shape index (κ1) is 15.8. The Balaban J connectivity index is 1.76. The van der Waals surface area contributed by atoms with Crippen molar-refractivity contribution in [2.75, 3.05) is 26.7 Å². The molecule has 1 amide bonds. The second-order valence-corrected chi connectivity index (χ2v) is 6.60. The van der Waals surface area contributed by atoms with E-state index in [4.69, 9.17) is 0 Å². The molecule has 4 heteroatoms. The first-order chi connectivity index (χ1) is 9.61. The molecule has 0 saturated carbocycles. The van der Waals surface area contributed by atoms with Crippen LogP contribution in [0, 0.1) is 5.92 Å². The molecule has 0 radical (unpaired) electrons. The van der Waals surface area contributed by atoms with Gasteiger partial charge in [0.05, 0.1) is 12.2 Å². The summed E-state index contributed by atoms with van der Waals surface area (Å²) in [6, 6.07) is 0.0717. The quantitative estimate of drug-likeness (QED) is 0.809. The molecule has 0 aromatic carbocycles. The molecule has 4 nitrogen and oxygen atoms in total. The molecule has 20 heavy (non-hydrogen) atoms. The van der Waals surface area contributed by atoms with Crippen LogP contribution >= 0.6 is 0 Å². The summed E-state index contributed by atoms with van der Waals surface area (Å²) >= 11 is 0. The van der Waals surface area contributed by atoms with Crippen LogP contribution in [0.2, 0.25) is 0 Å². The molecule has 0 bridgehead atoms. The summed E-state index contributed by atoms with van der Waals surface area (Å²) in [6.07, 6.45) is 7.26. The fraction of sp³-hybridized carbons (Fsp3) is 0.938. The second-order valence-electron chi connectivity index (χ2n) is 6.60. The van der Waals surface area contributed by atoms with Gasteiger partial charge in [-0.15, -0.1) is 0 Å². The molecule has 2 heterocycles. The number of hydrogen-bond donors (Lipinski definition) is 1. The number of carbonyl (C=O) groups excluding carboxylic acids is 1. The fourth-order valence-corrected chi connectivity index (χ4v) is 3.43. The molecule has 2 atom stereocenters. The molecule has 0 aromatic heterocycles. The molecular weight excluding hydrogens is 250 g/mol. The normalized spacial score (nSPS) is 29.4. The Morgan fingerprint density at radius 2 is 1.95 bits per heavy atom. The van der Waals surface area contributed by atoms with Gasteiger partial charge in [0.2, 0.25) is 5.91 Å². The zero-order valence-corrected chi connectivity index (χ0v) is 13.4. The van der Waals surface area contributed by atoms with E-state index in [0.717, 1.165) is 31.7 Å². The summed E-state index contributed by atoms with van der Waals surface area (Å²) in [5.41, 5.74) is 0. The largest absolute Gasteiger partial charge is 0.326 e. The zero-order valence-electron chi connectivity index (χ0n) is 13.4. The topological polar surface area (TPSA) is 35.6 Å². The maximum atomic E-state index is 12.4. The van der Waals surface area contributed by atoms with Gasteiger partial charge in [0.25, 0.3) is 0 Å². The molecule has 2 fully saturated rings. The van der Waals surface area contributed by atoms with Gasteiger partial charge in [0.15, 0.2) is 0 Å². The summed E-state index contributed by atoms with van der Waals surface area (Å²) in [4.78, 5) is 16.9. The predicted octanol–water partition coefficient (Wildman–Crippen LogP) is 2.05. The lowest BCUT2D eigenvalue weighted by atomic mass is 9.93. The van der Waals surface area contributed by atoms with Gasteiger partial charge >= 0.3 is 0 Å². The van der Waals surface area contributed by atoms with Crippen molar-refractivity contribution in [2.45, 2.75) is 64.6 Å². The molecule has 2 unspecified atom stereocenters. The summed E-state index contributed by atoms with van der Waals surface area (Å²) in [7, 11) is 2.20. The van der Waals surface area contributed by atoms with Gasteiger partial charge in [0.1, 0.15) is 0 Å². The Bertz CT molecular complexity index is 313. The van der Waals surface area contributed by atoms with Gasteiger partial charge < -0.3 is 9.80 Å². The van der Waals surface area contributed by atoms with Crippen molar-refractivity contribution in [3.8, 4) is 0 Å². The number of carbonyl (C=O) groups is 1. The zero-order chi connectivity index (χ0) is 14.5. The lowest BCUT2D eigenvalue weighted by Crippen LogP contribution is -2.37. The number of nitrogens with one attached hydrogen (secondary N) is 1. The first-order valence-corrected chi connectivity index (χ1v) is 8.37. The minimum Gasteiger partial charge on any atom is -0.326 e. The Morgan fingerprint density at radius 3 is 2.60 bits per heavy atom. The number of nitrogens with zero attached hydrogens (tertiary/aromatic N) is 2. The molecule has 2 rings (SSSR count). The summed E-state index contributed by atoms with van der Waals surface area (Å²) in [5.74, 6) is 1.14. The molecule has 1 N–H and O–H groups in total. The van der Waals surface area contributed by atoms with Gasteiger partial charge in [-0.1, -0.05) is 19.8 Å². The highest BCUT2D eigenvalue weighted by Gasteiger charge is 2.35. The fourth-order valence-electron chi connectivity index (χ4n) is 3.43. The maximum absolute atomic E-state index is 12.4. The minimum absolute atomic E-state index is 0.0717. The van der Waals surface area contributed by atoms with Crippen LogP contribution in [0.4, 0.5) is 0 Å². The molecule has 0 spiro atoms. The van der Waals surface area contributed by atoms with Crippen LogP contribution in [0.25, 0.3) is 0 Å². The van der Waals surface area contributed by atoms with Crippen molar-refractivity contribution < 1.29 is 4.79 Å². The van der Waals surface area contributed by atoms with Gasteiger partial charge in [0, 0.05) is 6.54 Å². The molecule has 2 aliphatic heterocycles. The highest BCUT2D eigenvalue weighted by Crippen LogP contribution is 2.22. The van der Waals surface area contributed by atoms with Crippen LogP contribution in [-0.2, 0) is 4.79 Å². The predicted molar refractivity (Wildman–Crippen MR) is 82.5 cm³/mol. The summed E-state index contributed by atoms with van der Waals surface area (Å²) in [5, 5.41) is 3.45. The van der Waals surface area contributed by atoms with Crippen molar-refractivity contribution >= 4 is 5.91 Å². The van der Waals surface area contributed by atoms with Gasteiger partial charge in [-0.2, -0.15) is 0 Å². The van der Waals surface area contributed by atoms with E-state index < -0.39 is 0 Å². The van der Waals surface area contributed by atoms with E-state index in [1.165, 1.54) is 32.4 Å². The van der Waals surface area contributed by atoms with E-state index in [2.05, 4.69) is 36.0 Å². The summed E-state index contributed by atoms with van der Waals surface area (Å²) in [6.45, 7) is 7.67. The Hall–Kier alpha value is -0.610. The molecule has 0 aromatic rings. The Labute approximate surface area is 123 Å². The molecule has 2 aliphatic rings. The molecular formula is C16H31N3O. The van der Waals surface area contributed by atoms with Gasteiger partial charge in [-0.05, 0) is 58.7 Å². The van der Waals surface area contributed by atoms with Crippen LogP contribution in [0.15, 0.2) is 0 Å². The maximum Gasteiger partial charge on any atom is 0.241 e. The van der Waals surface area contributed by atoms with Crippen molar-refractivity contribution in [1.82, 2.24) is 15.1 Å². The van der Waals surface area contributed by atoms with Crippen molar-refractivity contribution in [3.63, 3.8) is 0 Å². The van der Waals surface area contributed by atoms with E-state index in [1.54, 1.807) is 0 Å². The number of piperidine rings is 1. The molecule has 116 valence electrons. The van der Waals surface area contributed by atoms with E-state index >= 15 is 0 Å². The SMILES string of the molecule is CCCCC1NC(C)N(CCC2CCN(C)CC2)C1=O.